The van der Waals surface area contributed by atoms with Gasteiger partial charge in [0.2, 0.25) is 11.9 Å². The van der Waals surface area contributed by atoms with Crippen molar-refractivity contribution in [1.29, 1.82) is 0 Å². The molecule has 2 aliphatic rings. The first kappa shape index (κ1) is 16.5. The zero-order valence-electron chi connectivity index (χ0n) is 13.5. The molecular formula is C19H24N4O. The van der Waals surface area contributed by atoms with E-state index in [0.717, 1.165) is 30.3 Å². The number of amides is 1. The van der Waals surface area contributed by atoms with Crippen LogP contribution in [0, 0.1) is 17.9 Å². The zero-order valence-corrected chi connectivity index (χ0v) is 13.5. The van der Waals surface area contributed by atoms with Crippen molar-refractivity contribution in [2.24, 2.45) is 11.3 Å². The smallest absolute Gasteiger partial charge is 0.230 e. The summed E-state index contributed by atoms with van der Waals surface area (Å²) in [4.78, 5) is 20.6. The van der Waals surface area contributed by atoms with Crippen LogP contribution in [0.2, 0.25) is 0 Å². The summed E-state index contributed by atoms with van der Waals surface area (Å²) in [6, 6.07) is 5.91. The Bertz CT molecular complexity index is 839. The van der Waals surface area contributed by atoms with Crippen LogP contribution in [0.3, 0.4) is 0 Å². The molecule has 24 heavy (non-hydrogen) atoms. The van der Waals surface area contributed by atoms with Gasteiger partial charge < -0.3 is 4.57 Å². The van der Waals surface area contributed by atoms with Crippen LogP contribution in [0.4, 0.5) is 11.6 Å². The van der Waals surface area contributed by atoms with Gasteiger partial charge in [0.15, 0.2) is 5.69 Å². The van der Waals surface area contributed by atoms with Gasteiger partial charge in [0.25, 0.3) is 0 Å². The van der Waals surface area contributed by atoms with E-state index in [1.807, 2.05) is 12.1 Å². The predicted octanol–water partition coefficient (Wildman–Crippen LogP) is 4.93. The lowest BCUT2D eigenvalue weighted by molar-refractivity contribution is -0.118. The lowest BCUT2D eigenvalue weighted by Gasteiger charge is -2.29. The Morgan fingerprint density at radius 2 is 2.12 bits per heavy atom. The quantitative estimate of drug-likeness (QED) is 0.814. The molecule has 0 saturated heterocycles. The molecule has 2 aliphatic carbocycles. The number of anilines is 1. The second-order valence-corrected chi connectivity index (χ2v) is 7.41. The fraction of sp³-hybridized carbons (Fsp3) is 0.526. The number of hydrogen-bond acceptors (Lipinski definition) is 2. The predicted molar refractivity (Wildman–Crippen MR) is 96.1 cm³/mol. The highest BCUT2D eigenvalue weighted by Crippen LogP contribution is 2.52. The van der Waals surface area contributed by atoms with Gasteiger partial charge in [-0.3, -0.25) is 10.1 Å². The Kier molecular flexibility index (Phi) is 3.87. The molecule has 0 spiro atoms. The average Bonchev–Trinajstić information content (AvgIpc) is 2.98. The molecule has 1 atom stereocenters. The van der Waals surface area contributed by atoms with Gasteiger partial charge in [-0.1, -0.05) is 27.3 Å². The van der Waals surface area contributed by atoms with Crippen LogP contribution in [0.25, 0.3) is 15.9 Å². The number of fused-ring (bicyclic) bond motifs is 1. The van der Waals surface area contributed by atoms with Crippen LogP contribution in [-0.4, -0.2) is 15.5 Å². The second-order valence-electron chi connectivity index (χ2n) is 7.41. The van der Waals surface area contributed by atoms with Crippen LogP contribution in [0.15, 0.2) is 18.2 Å². The third-order valence-corrected chi connectivity index (χ3v) is 5.31. The van der Waals surface area contributed by atoms with Gasteiger partial charge in [0, 0.05) is 12.0 Å². The van der Waals surface area contributed by atoms with Crippen molar-refractivity contribution in [2.45, 2.75) is 53.0 Å². The summed E-state index contributed by atoms with van der Waals surface area (Å²) in [7, 11) is 0. The number of nitrogens with zero attached hydrogens (tertiary/aromatic N) is 3. The maximum atomic E-state index is 12.5. The Labute approximate surface area is 142 Å². The van der Waals surface area contributed by atoms with E-state index in [2.05, 4.69) is 33.6 Å². The molecule has 1 N–H and O–H groups in total. The van der Waals surface area contributed by atoms with E-state index in [1.165, 1.54) is 6.42 Å². The summed E-state index contributed by atoms with van der Waals surface area (Å²) in [5.41, 5.74) is 2.51. The number of rotatable bonds is 3. The molecular weight excluding hydrogens is 300 g/mol. The van der Waals surface area contributed by atoms with Gasteiger partial charge >= 0.3 is 0 Å². The lowest BCUT2D eigenvalue weighted by Crippen LogP contribution is -2.23. The van der Waals surface area contributed by atoms with Crippen molar-refractivity contribution in [3.8, 4) is 0 Å². The summed E-state index contributed by atoms with van der Waals surface area (Å²) < 4.78 is 2.13. The molecule has 0 unspecified atom stereocenters. The molecule has 1 amide bonds. The molecule has 1 aromatic heterocycles. The van der Waals surface area contributed by atoms with Crippen LogP contribution >= 0.6 is 0 Å². The Balaban J connectivity index is 0.00000169. The molecule has 2 fully saturated rings. The summed E-state index contributed by atoms with van der Waals surface area (Å²) >= 11 is 0. The minimum Gasteiger partial charge on any atom is -0.308 e. The molecule has 5 nitrogen and oxygen atoms in total. The van der Waals surface area contributed by atoms with E-state index < -0.39 is 0 Å². The number of carbonyl (C=O) groups is 1. The number of hydrogen-bond donors (Lipinski definition) is 1. The van der Waals surface area contributed by atoms with Gasteiger partial charge in [0.1, 0.15) is 0 Å². The van der Waals surface area contributed by atoms with Crippen molar-refractivity contribution < 1.29 is 4.79 Å². The van der Waals surface area contributed by atoms with E-state index in [-0.39, 0.29) is 24.7 Å². The van der Waals surface area contributed by atoms with Gasteiger partial charge in [0.05, 0.1) is 17.6 Å². The van der Waals surface area contributed by atoms with Gasteiger partial charge in [-0.25, -0.2) is 9.83 Å². The average molecular weight is 324 g/mol. The van der Waals surface area contributed by atoms with Crippen LogP contribution in [-0.2, 0) is 4.79 Å². The number of carbonyl (C=O) groups excluding carboxylic acids is 1. The fourth-order valence-electron chi connectivity index (χ4n) is 3.37. The molecule has 2 saturated carbocycles. The minimum absolute atomic E-state index is 0. The van der Waals surface area contributed by atoms with E-state index in [0.29, 0.717) is 17.7 Å². The number of nitrogens with one attached hydrogen (secondary N) is 1. The Hall–Kier alpha value is -2.35. The zero-order chi connectivity index (χ0) is 16.2. The maximum absolute atomic E-state index is 12.5. The van der Waals surface area contributed by atoms with Gasteiger partial charge in [-0.05, 0) is 43.2 Å². The summed E-state index contributed by atoms with van der Waals surface area (Å²) in [5.74, 6) is 0.784. The largest absolute Gasteiger partial charge is 0.308 e. The van der Waals surface area contributed by atoms with Crippen LogP contribution in [0.1, 0.15) is 53.0 Å². The normalized spacial score (nSPS) is 21.5. The topological polar surface area (TPSA) is 51.3 Å². The SMILES string of the molecule is C.[C-]#[N+]c1ccc2nc(NC(=O)[C@H]3CC3(C)C)n(C3CCC3)c2c1. The molecule has 5 heteroatoms. The first-order chi connectivity index (χ1) is 11.0. The minimum atomic E-state index is 0. The van der Waals surface area contributed by atoms with E-state index in [1.54, 1.807) is 6.07 Å². The third-order valence-electron chi connectivity index (χ3n) is 5.31. The van der Waals surface area contributed by atoms with E-state index in [9.17, 15) is 4.79 Å². The number of benzene rings is 1. The van der Waals surface area contributed by atoms with Crippen molar-refractivity contribution in [1.82, 2.24) is 9.55 Å². The van der Waals surface area contributed by atoms with Crippen LogP contribution in [0.5, 0.6) is 0 Å². The first-order valence-electron chi connectivity index (χ1n) is 8.20. The Morgan fingerprint density at radius 3 is 2.67 bits per heavy atom. The number of aromatic nitrogens is 2. The second kappa shape index (κ2) is 5.62. The Morgan fingerprint density at radius 1 is 1.42 bits per heavy atom. The highest BCUT2D eigenvalue weighted by molar-refractivity contribution is 5.95. The van der Waals surface area contributed by atoms with Crippen molar-refractivity contribution in [3.63, 3.8) is 0 Å². The standard InChI is InChI=1S/C18H20N4O.CH4/c1-18(2)10-13(18)16(23)21-17-20-14-8-7-11(19-3)9-15(14)22(17)12-5-4-6-12;/h7-9,12-13H,4-6,10H2,1-2H3,(H,20,21,23);1H4/t13-;/m1./s1. The molecule has 0 bridgehead atoms. The van der Waals surface area contributed by atoms with Crippen molar-refractivity contribution in [3.05, 3.63) is 29.6 Å². The summed E-state index contributed by atoms with van der Waals surface area (Å²) in [5, 5.41) is 3.04. The molecule has 1 aromatic carbocycles. The first-order valence-corrected chi connectivity index (χ1v) is 8.20. The van der Waals surface area contributed by atoms with E-state index >= 15 is 0 Å². The van der Waals surface area contributed by atoms with Gasteiger partial charge in [-0.15, -0.1) is 0 Å². The monoisotopic (exact) mass is 324 g/mol. The lowest BCUT2D eigenvalue weighted by atomic mass is 9.92. The summed E-state index contributed by atoms with van der Waals surface area (Å²) in [6.07, 6.45) is 4.34. The number of imidazole rings is 1. The van der Waals surface area contributed by atoms with Gasteiger partial charge in [-0.2, -0.15) is 0 Å². The maximum Gasteiger partial charge on any atom is 0.230 e. The highest BCUT2D eigenvalue weighted by Gasteiger charge is 2.50. The van der Waals surface area contributed by atoms with E-state index in [4.69, 9.17) is 6.57 Å². The third kappa shape index (κ3) is 2.56. The molecule has 4 rings (SSSR count). The molecule has 126 valence electrons. The summed E-state index contributed by atoms with van der Waals surface area (Å²) in [6.45, 7) is 11.4. The molecule has 0 aliphatic heterocycles. The molecule has 2 aromatic rings. The van der Waals surface area contributed by atoms with Crippen molar-refractivity contribution in [2.75, 3.05) is 5.32 Å². The van der Waals surface area contributed by atoms with Crippen LogP contribution < -0.4 is 5.32 Å². The molecule has 1 heterocycles. The molecule has 0 radical (unpaired) electrons. The highest BCUT2D eigenvalue weighted by atomic mass is 16.2. The fourth-order valence-corrected chi connectivity index (χ4v) is 3.37. The van der Waals surface area contributed by atoms with Crippen molar-refractivity contribution >= 4 is 28.6 Å².